The van der Waals surface area contributed by atoms with Crippen molar-refractivity contribution in [2.75, 3.05) is 0 Å². The Morgan fingerprint density at radius 2 is 1.47 bits per heavy atom. The molecule has 0 aliphatic heterocycles. The van der Waals surface area contributed by atoms with Crippen molar-refractivity contribution in [3.63, 3.8) is 0 Å². The molecule has 0 heterocycles. The second kappa shape index (κ2) is 16.3. The minimum atomic E-state index is 0. The van der Waals surface area contributed by atoms with Gasteiger partial charge in [-0.1, -0.05) is 13.3 Å². The van der Waals surface area contributed by atoms with Gasteiger partial charge in [-0.25, -0.2) is 24.3 Å². The molecule has 0 aromatic heterocycles. The van der Waals surface area contributed by atoms with Crippen LogP contribution in [0.3, 0.4) is 0 Å². The molecule has 1 heteroatoms. The van der Waals surface area contributed by atoms with Gasteiger partial charge < -0.3 is 6.92 Å². The van der Waals surface area contributed by atoms with Gasteiger partial charge in [0.15, 0.2) is 0 Å². The molecule has 15 heavy (non-hydrogen) atoms. The van der Waals surface area contributed by atoms with Gasteiger partial charge in [0.1, 0.15) is 0 Å². The quantitative estimate of drug-likeness (QED) is 0.630. The van der Waals surface area contributed by atoms with Crippen LogP contribution in [-0.2, 0) is 26.2 Å². The van der Waals surface area contributed by atoms with E-state index in [0.29, 0.717) is 0 Å². The molecule has 0 bridgehead atoms. The third-order valence-electron chi connectivity index (χ3n) is 1.53. The van der Waals surface area contributed by atoms with E-state index in [1.807, 2.05) is 24.3 Å². The van der Waals surface area contributed by atoms with Crippen LogP contribution in [0.1, 0.15) is 32.6 Å². The summed E-state index contributed by atoms with van der Waals surface area (Å²) in [5.74, 6) is 0. The first-order valence-electron chi connectivity index (χ1n) is 5.14. The summed E-state index contributed by atoms with van der Waals surface area (Å²) in [6.07, 6.45) is 22.3. The topological polar surface area (TPSA) is 0 Å². The van der Waals surface area contributed by atoms with Crippen molar-refractivity contribution in [3.8, 4) is 0 Å². The zero-order valence-corrected chi connectivity index (χ0v) is 12.0. The maximum Gasteiger partial charge on any atom is 3.00 e. The fourth-order valence-electron chi connectivity index (χ4n) is 0.680. The van der Waals surface area contributed by atoms with Crippen molar-refractivity contribution < 1.29 is 26.2 Å². The molecule has 2 rings (SSSR count). The fourth-order valence-corrected chi connectivity index (χ4v) is 0.680. The largest absolute Gasteiger partial charge is 3.00 e. The van der Waals surface area contributed by atoms with E-state index in [1.165, 1.54) is 6.42 Å². The molecule has 0 nitrogen and oxygen atoms in total. The molecule has 0 saturated carbocycles. The molecule has 0 aromatic carbocycles. The SMILES string of the molecule is [C-]1=CC=CC1.[C-]1=CC=CC1.[CH2-]CCC.[Zr+3]. The Balaban J connectivity index is 0. The van der Waals surface area contributed by atoms with E-state index >= 15 is 0 Å². The van der Waals surface area contributed by atoms with Gasteiger partial charge in [-0.15, -0.1) is 12.8 Å². The summed E-state index contributed by atoms with van der Waals surface area (Å²) >= 11 is 0. The summed E-state index contributed by atoms with van der Waals surface area (Å²) in [5.41, 5.74) is 0. The van der Waals surface area contributed by atoms with E-state index < -0.39 is 0 Å². The summed E-state index contributed by atoms with van der Waals surface area (Å²) < 4.78 is 0. The van der Waals surface area contributed by atoms with Crippen molar-refractivity contribution in [2.45, 2.75) is 32.6 Å². The zero-order valence-electron chi connectivity index (χ0n) is 9.50. The number of hydrogen-bond acceptors (Lipinski definition) is 0. The Morgan fingerprint density at radius 3 is 1.53 bits per heavy atom. The van der Waals surface area contributed by atoms with Gasteiger partial charge in [0.05, 0.1) is 0 Å². The number of allylic oxidation sites excluding steroid dienone is 8. The predicted molar refractivity (Wildman–Crippen MR) is 63.4 cm³/mol. The minimum absolute atomic E-state index is 0. The molecule has 2 aliphatic carbocycles. The van der Waals surface area contributed by atoms with Crippen LogP contribution in [-0.4, -0.2) is 0 Å². The third kappa shape index (κ3) is 16.5. The molecule has 2 aliphatic rings. The van der Waals surface area contributed by atoms with Crippen molar-refractivity contribution in [3.05, 3.63) is 55.5 Å². The first-order valence-corrected chi connectivity index (χ1v) is 5.14. The van der Waals surface area contributed by atoms with Crippen molar-refractivity contribution >= 4 is 0 Å². The summed E-state index contributed by atoms with van der Waals surface area (Å²) in [6.45, 7) is 5.72. The van der Waals surface area contributed by atoms with E-state index in [0.717, 1.165) is 19.3 Å². The molecular weight excluding hydrogens is 259 g/mol. The van der Waals surface area contributed by atoms with Gasteiger partial charge in [0.25, 0.3) is 0 Å². The average molecular weight is 279 g/mol. The van der Waals surface area contributed by atoms with E-state index in [4.69, 9.17) is 0 Å². The smallest absolute Gasteiger partial charge is 0.343 e. The first-order chi connectivity index (χ1) is 6.91. The van der Waals surface area contributed by atoms with Gasteiger partial charge in [-0.2, -0.15) is 18.6 Å². The second-order valence-corrected chi connectivity index (χ2v) is 2.86. The van der Waals surface area contributed by atoms with Crippen LogP contribution in [0, 0.1) is 19.1 Å². The van der Waals surface area contributed by atoms with Crippen LogP contribution >= 0.6 is 0 Å². The molecule has 0 aromatic rings. The third-order valence-corrected chi connectivity index (χ3v) is 1.53. The van der Waals surface area contributed by atoms with Crippen LogP contribution in [0.2, 0.25) is 0 Å². The molecule has 0 unspecified atom stereocenters. The molecule has 0 atom stereocenters. The fraction of sp³-hybridized carbons (Fsp3) is 0.357. The molecule has 0 amide bonds. The van der Waals surface area contributed by atoms with E-state index in [2.05, 4.69) is 38.2 Å². The predicted octanol–water partition coefficient (Wildman–Crippen LogP) is 4.23. The van der Waals surface area contributed by atoms with Crippen molar-refractivity contribution in [2.24, 2.45) is 0 Å². The van der Waals surface area contributed by atoms with Gasteiger partial charge in [0, 0.05) is 0 Å². The molecule has 0 fully saturated rings. The number of rotatable bonds is 1. The number of hydrogen-bond donors (Lipinski definition) is 0. The monoisotopic (exact) mass is 277 g/mol. The zero-order chi connectivity index (χ0) is 10.5. The van der Waals surface area contributed by atoms with Crippen LogP contribution < -0.4 is 0 Å². The Kier molecular flexibility index (Phi) is 18.7. The van der Waals surface area contributed by atoms with Crippen molar-refractivity contribution in [1.29, 1.82) is 0 Å². The summed E-state index contributed by atoms with van der Waals surface area (Å²) in [4.78, 5) is 0. The van der Waals surface area contributed by atoms with Crippen LogP contribution in [0.5, 0.6) is 0 Å². The second-order valence-electron chi connectivity index (χ2n) is 2.86. The Morgan fingerprint density at radius 1 is 1.07 bits per heavy atom. The van der Waals surface area contributed by atoms with Crippen LogP contribution in [0.25, 0.3) is 0 Å². The Hall–Kier alpha value is -0.157. The normalized spacial score (nSPS) is 13.7. The van der Waals surface area contributed by atoms with E-state index in [9.17, 15) is 0 Å². The maximum atomic E-state index is 3.60. The molecule has 0 N–H and O–H groups in total. The van der Waals surface area contributed by atoms with Crippen molar-refractivity contribution in [1.82, 2.24) is 0 Å². The molecule has 0 saturated heterocycles. The van der Waals surface area contributed by atoms with Gasteiger partial charge in [-0.3, -0.25) is 12.2 Å². The number of unbranched alkanes of at least 4 members (excludes halogenated alkanes) is 1. The molecular formula is C14H19Zr. The van der Waals surface area contributed by atoms with Gasteiger partial charge in [0.2, 0.25) is 0 Å². The standard InChI is InChI=1S/2C5H5.C4H9.Zr/c2*1-2-4-5-3-1;1-3-4-2;/h2*1-3H,4H2;1,3-4H2,2H3;/q3*-1;+3. The van der Waals surface area contributed by atoms with E-state index in [-0.39, 0.29) is 26.2 Å². The summed E-state index contributed by atoms with van der Waals surface area (Å²) in [6, 6.07) is 0. The Bertz CT molecular complexity index is 165. The minimum Gasteiger partial charge on any atom is -0.343 e. The van der Waals surface area contributed by atoms with Crippen LogP contribution in [0.4, 0.5) is 0 Å². The molecule has 79 valence electrons. The molecule has 1 radical (unpaired) electrons. The first kappa shape index (κ1) is 17.2. The molecule has 0 spiro atoms. The van der Waals surface area contributed by atoms with E-state index in [1.54, 1.807) is 0 Å². The maximum absolute atomic E-state index is 3.60. The van der Waals surface area contributed by atoms with Gasteiger partial charge in [-0.05, 0) is 0 Å². The average Bonchev–Trinajstić information content (AvgIpc) is 2.94. The Labute approximate surface area is 114 Å². The summed E-state index contributed by atoms with van der Waals surface area (Å²) in [5, 5.41) is 0. The van der Waals surface area contributed by atoms with Crippen LogP contribution in [0.15, 0.2) is 36.5 Å². The van der Waals surface area contributed by atoms with Gasteiger partial charge >= 0.3 is 26.2 Å². The summed E-state index contributed by atoms with van der Waals surface area (Å²) in [7, 11) is 0.